The van der Waals surface area contributed by atoms with Gasteiger partial charge in [0.25, 0.3) is 0 Å². The van der Waals surface area contributed by atoms with Crippen LogP contribution in [0.15, 0.2) is 36.7 Å². The first-order valence-electron chi connectivity index (χ1n) is 5.42. The molecule has 90 valence electrons. The minimum Gasteiger partial charge on any atom is -0.350 e. The van der Waals surface area contributed by atoms with Crippen molar-refractivity contribution in [3.63, 3.8) is 0 Å². The standard InChI is InChI=1S/C13H14Cl2N2/c1-16-7-10-4-5-17(8-10)9-11-2-3-12(14)6-13(11)15/h2-6,8,16H,7,9H2,1H3. The van der Waals surface area contributed by atoms with Crippen molar-refractivity contribution in [2.24, 2.45) is 0 Å². The highest BCUT2D eigenvalue weighted by Gasteiger charge is 2.02. The average Bonchev–Trinajstić information content (AvgIpc) is 2.71. The SMILES string of the molecule is CNCc1ccn(Cc2ccc(Cl)cc2Cl)c1. The fraction of sp³-hybridized carbons (Fsp3) is 0.231. The lowest BCUT2D eigenvalue weighted by atomic mass is 10.2. The largest absolute Gasteiger partial charge is 0.350 e. The number of nitrogens with zero attached hydrogens (tertiary/aromatic N) is 1. The van der Waals surface area contributed by atoms with Crippen LogP contribution < -0.4 is 5.32 Å². The van der Waals surface area contributed by atoms with Crippen molar-refractivity contribution in [1.82, 2.24) is 9.88 Å². The lowest BCUT2D eigenvalue weighted by molar-refractivity contribution is 0.783. The molecule has 0 saturated heterocycles. The second kappa shape index (κ2) is 5.58. The zero-order valence-electron chi connectivity index (χ0n) is 9.58. The Hall–Kier alpha value is -0.960. The molecule has 0 spiro atoms. The van der Waals surface area contributed by atoms with E-state index in [1.165, 1.54) is 5.56 Å². The Kier molecular flexibility index (Phi) is 4.11. The van der Waals surface area contributed by atoms with Crippen molar-refractivity contribution in [1.29, 1.82) is 0 Å². The Bertz CT molecular complexity index is 506. The van der Waals surface area contributed by atoms with E-state index in [2.05, 4.69) is 28.3 Å². The van der Waals surface area contributed by atoms with Gasteiger partial charge < -0.3 is 9.88 Å². The molecule has 0 aliphatic heterocycles. The Morgan fingerprint density at radius 3 is 2.76 bits per heavy atom. The van der Waals surface area contributed by atoms with Crippen molar-refractivity contribution in [2.75, 3.05) is 7.05 Å². The molecule has 1 aromatic heterocycles. The summed E-state index contributed by atoms with van der Waals surface area (Å²) < 4.78 is 2.11. The first-order chi connectivity index (χ1) is 8.19. The molecule has 0 atom stereocenters. The Morgan fingerprint density at radius 1 is 1.24 bits per heavy atom. The van der Waals surface area contributed by atoms with Gasteiger partial charge in [0.05, 0.1) is 0 Å². The minimum absolute atomic E-state index is 0.669. The topological polar surface area (TPSA) is 17.0 Å². The molecule has 4 heteroatoms. The summed E-state index contributed by atoms with van der Waals surface area (Å²) in [6, 6.07) is 7.69. The van der Waals surface area contributed by atoms with E-state index in [1.54, 1.807) is 6.07 Å². The van der Waals surface area contributed by atoms with E-state index in [9.17, 15) is 0 Å². The van der Waals surface area contributed by atoms with Gasteiger partial charge in [-0.2, -0.15) is 0 Å². The second-order valence-corrected chi connectivity index (χ2v) is 4.80. The number of rotatable bonds is 4. The zero-order chi connectivity index (χ0) is 12.3. The number of aromatic nitrogens is 1. The van der Waals surface area contributed by atoms with Crippen LogP contribution in [0.3, 0.4) is 0 Å². The highest BCUT2D eigenvalue weighted by atomic mass is 35.5. The molecule has 0 fully saturated rings. The molecule has 2 nitrogen and oxygen atoms in total. The normalized spacial score (nSPS) is 10.8. The lowest BCUT2D eigenvalue weighted by Crippen LogP contribution is -2.04. The van der Waals surface area contributed by atoms with E-state index in [-0.39, 0.29) is 0 Å². The molecule has 2 rings (SSSR count). The van der Waals surface area contributed by atoms with Gasteiger partial charge in [0.15, 0.2) is 0 Å². The number of halogens is 2. The quantitative estimate of drug-likeness (QED) is 0.898. The minimum atomic E-state index is 0.669. The Morgan fingerprint density at radius 2 is 2.06 bits per heavy atom. The third-order valence-corrected chi connectivity index (χ3v) is 3.15. The molecule has 1 aromatic carbocycles. The summed E-state index contributed by atoms with van der Waals surface area (Å²) >= 11 is 12.0. The van der Waals surface area contributed by atoms with Crippen LogP contribution in [-0.2, 0) is 13.1 Å². The maximum absolute atomic E-state index is 6.14. The van der Waals surface area contributed by atoms with E-state index >= 15 is 0 Å². The summed E-state index contributed by atoms with van der Waals surface area (Å²) in [6.07, 6.45) is 4.17. The molecule has 17 heavy (non-hydrogen) atoms. The maximum Gasteiger partial charge on any atom is 0.0485 e. The molecule has 0 aliphatic carbocycles. The third-order valence-electron chi connectivity index (χ3n) is 2.56. The van der Waals surface area contributed by atoms with Gasteiger partial charge in [0.1, 0.15) is 0 Å². The predicted molar refractivity (Wildman–Crippen MR) is 72.8 cm³/mol. The molecule has 1 heterocycles. The Labute approximate surface area is 111 Å². The van der Waals surface area contributed by atoms with Crippen LogP contribution in [0.2, 0.25) is 10.0 Å². The van der Waals surface area contributed by atoms with Gasteiger partial charge in [0, 0.05) is 35.5 Å². The number of nitrogens with one attached hydrogen (secondary N) is 1. The van der Waals surface area contributed by atoms with Crippen molar-refractivity contribution in [2.45, 2.75) is 13.1 Å². The predicted octanol–water partition coefficient (Wildman–Crippen LogP) is 3.56. The van der Waals surface area contributed by atoms with Crippen LogP contribution in [0.25, 0.3) is 0 Å². The molecular formula is C13H14Cl2N2. The highest BCUT2D eigenvalue weighted by molar-refractivity contribution is 6.35. The average molecular weight is 269 g/mol. The molecule has 1 N–H and O–H groups in total. The first-order valence-corrected chi connectivity index (χ1v) is 6.18. The van der Waals surface area contributed by atoms with E-state index in [0.717, 1.165) is 18.7 Å². The van der Waals surface area contributed by atoms with E-state index in [1.807, 2.05) is 19.2 Å². The van der Waals surface area contributed by atoms with Gasteiger partial charge >= 0.3 is 0 Å². The summed E-state index contributed by atoms with van der Waals surface area (Å²) in [4.78, 5) is 0. The number of hydrogen-bond acceptors (Lipinski definition) is 1. The number of hydrogen-bond donors (Lipinski definition) is 1. The van der Waals surface area contributed by atoms with Crippen molar-refractivity contribution in [3.05, 3.63) is 57.8 Å². The third kappa shape index (κ3) is 3.25. The smallest absolute Gasteiger partial charge is 0.0485 e. The maximum atomic E-state index is 6.14. The monoisotopic (exact) mass is 268 g/mol. The van der Waals surface area contributed by atoms with Crippen LogP contribution in [0.4, 0.5) is 0 Å². The second-order valence-electron chi connectivity index (χ2n) is 3.96. The van der Waals surface area contributed by atoms with E-state index < -0.39 is 0 Å². The van der Waals surface area contributed by atoms with Crippen LogP contribution in [0, 0.1) is 0 Å². The van der Waals surface area contributed by atoms with Gasteiger partial charge in [-0.25, -0.2) is 0 Å². The summed E-state index contributed by atoms with van der Waals surface area (Å²) in [6.45, 7) is 1.64. The van der Waals surface area contributed by atoms with Gasteiger partial charge in [-0.1, -0.05) is 29.3 Å². The van der Waals surface area contributed by atoms with Crippen LogP contribution in [-0.4, -0.2) is 11.6 Å². The van der Waals surface area contributed by atoms with Gasteiger partial charge in [-0.05, 0) is 36.4 Å². The first kappa shape index (κ1) is 12.5. The summed E-state index contributed by atoms with van der Waals surface area (Å²) in [7, 11) is 1.94. The summed E-state index contributed by atoms with van der Waals surface area (Å²) in [5, 5.41) is 4.50. The fourth-order valence-corrected chi connectivity index (χ4v) is 2.21. The van der Waals surface area contributed by atoms with Gasteiger partial charge in [-0.15, -0.1) is 0 Å². The summed E-state index contributed by atoms with van der Waals surface area (Å²) in [5.41, 5.74) is 2.33. The van der Waals surface area contributed by atoms with Crippen molar-refractivity contribution >= 4 is 23.2 Å². The number of benzene rings is 1. The van der Waals surface area contributed by atoms with Gasteiger partial charge in [0.2, 0.25) is 0 Å². The van der Waals surface area contributed by atoms with Crippen LogP contribution >= 0.6 is 23.2 Å². The molecule has 2 aromatic rings. The lowest BCUT2D eigenvalue weighted by Gasteiger charge is -2.06. The van der Waals surface area contributed by atoms with Crippen LogP contribution in [0.5, 0.6) is 0 Å². The van der Waals surface area contributed by atoms with Gasteiger partial charge in [-0.3, -0.25) is 0 Å². The summed E-state index contributed by atoms with van der Waals surface area (Å²) in [5.74, 6) is 0. The Balaban J connectivity index is 2.13. The molecule has 0 aliphatic rings. The molecule has 0 bridgehead atoms. The van der Waals surface area contributed by atoms with Crippen LogP contribution in [0.1, 0.15) is 11.1 Å². The zero-order valence-corrected chi connectivity index (χ0v) is 11.1. The van der Waals surface area contributed by atoms with Crippen molar-refractivity contribution < 1.29 is 0 Å². The highest BCUT2D eigenvalue weighted by Crippen LogP contribution is 2.21. The molecule has 0 radical (unpaired) electrons. The molecular weight excluding hydrogens is 255 g/mol. The molecule has 0 saturated carbocycles. The van der Waals surface area contributed by atoms with E-state index in [0.29, 0.717) is 10.0 Å². The van der Waals surface area contributed by atoms with E-state index in [4.69, 9.17) is 23.2 Å². The fourth-order valence-electron chi connectivity index (χ4n) is 1.74. The van der Waals surface area contributed by atoms with Crippen molar-refractivity contribution in [3.8, 4) is 0 Å². The molecule has 0 amide bonds. The molecule has 0 unspecified atom stereocenters.